The van der Waals surface area contributed by atoms with Crippen LogP contribution < -0.4 is 26.4 Å². The van der Waals surface area contributed by atoms with Crippen LogP contribution in [0.2, 0.25) is 0 Å². The van der Waals surface area contributed by atoms with Crippen molar-refractivity contribution in [3.63, 3.8) is 0 Å². The van der Waals surface area contributed by atoms with Gasteiger partial charge in [0, 0.05) is 25.1 Å². The molecule has 0 aliphatic carbocycles. The van der Waals surface area contributed by atoms with E-state index in [-0.39, 0.29) is 13.0 Å². The van der Waals surface area contributed by atoms with Crippen LogP contribution in [0.4, 0.5) is 4.39 Å². The predicted octanol–water partition coefficient (Wildman–Crippen LogP) is 4.37. The molecule has 0 spiro atoms. The van der Waals surface area contributed by atoms with E-state index in [1.54, 1.807) is 49.4 Å². The number of nitrogens with one attached hydrogen (secondary N) is 3. The van der Waals surface area contributed by atoms with Gasteiger partial charge in [0.05, 0.1) is 6.61 Å². The number of benzene rings is 4. The normalized spacial score (nSPS) is 12.8. The molecule has 0 unspecified atom stereocenters. The fourth-order valence-corrected chi connectivity index (χ4v) is 4.69. The summed E-state index contributed by atoms with van der Waals surface area (Å²) in [5.41, 5.74) is 7.42. The van der Waals surface area contributed by atoms with Gasteiger partial charge in [-0.05, 0) is 72.5 Å². The number of hydrogen-bond donors (Lipinski definition) is 4. The van der Waals surface area contributed by atoms with Crippen molar-refractivity contribution in [2.75, 3.05) is 6.61 Å². The summed E-state index contributed by atoms with van der Waals surface area (Å²) in [6, 6.07) is 27.6. The van der Waals surface area contributed by atoms with Gasteiger partial charge in [0.25, 0.3) is 5.91 Å². The number of halogens is 1. The molecule has 9 heteroatoms. The Hall–Kier alpha value is -5.02. The predicted molar refractivity (Wildman–Crippen MR) is 167 cm³/mol. The molecule has 44 heavy (non-hydrogen) atoms. The maximum absolute atomic E-state index is 14.0. The fraction of sp³-hybridized carbons (Fsp3) is 0.229. The Morgan fingerprint density at radius 2 is 1.45 bits per heavy atom. The molecular formula is C35H37FN4O4. The van der Waals surface area contributed by atoms with Gasteiger partial charge in [0.1, 0.15) is 23.1 Å². The smallest absolute Gasteiger partial charge is 0.251 e. The first-order chi connectivity index (χ1) is 21.2. The SMILES string of the molecule is CCOc1ccc(C[C@@H](NC(=O)c2ccccc2)C(=O)N[C@](C)(C(=O)NCc2ccc(CN)cc2)c2ccc(F)cc2)cc1. The molecule has 0 aliphatic rings. The van der Waals surface area contributed by atoms with Gasteiger partial charge in [-0.3, -0.25) is 14.4 Å². The average Bonchev–Trinajstić information content (AvgIpc) is 3.05. The summed E-state index contributed by atoms with van der Waals surface area (Å²) in [4.78, 5) is 40.9. The summed E-state index contributed by atoms with van der Waals surface area (Å²) in [7, 11) is 0. The van der Waals surface area contributed by atoms with E-state index in [9.17, 15) is 18.8 Å². The van der Waals surface area contributed by atoms with Gasteiger partial charge in [-0.15, -0.1) is 0 Å². The minimum absolute atomic E-state index is 0.144. The van der Waals surface area contributed by atoms with Crippen molar-refractivity contribution < 1.29 is 23.5 Å². The number of carbonyl (C=O) groups is 3. The lowest BCUT2D eigenvalue weighted by Gasteiger charge is -2.32. The van der Waals surface area contributed by atoms with Crippen LogP contribution in [-0.4, -0.2) is 30.4 Å². The van der Waals surface area contributed by atoms with Gasteiger partial charge >= 0.3 is 0 Å². The molecule has 0 heterocycles. The number of amides is 3. The number of ether oxygens (including phenoxy) is 1. The Morgan fingerprint density at radius 1 is 0.841 bits per heavy atom. The second kappa shape index (κ2) is 14.9. The molecule has 3 amide bonds. The maximum atomic E-state index is 14.0. The van der Waals surface area contributed by atoms with Crippen molar-refractivity contribution in [1.29, 1.82) is 0 Å². The van der Waals surface area contributed by atoms with E-state index in [1.807, 2.05) is 43.3 Å². The van der Waals surface area contributed by atoms with Crippen molar-refractivity contribution in [2.24, 2.45) is 5.73 Å². The zero-order chi connectivity index (χ0) is 31.5. The number of nitrogens with two attached hydrogens (primary N) is 1. The first-order valence-electron chi connectivity index (χ1n) is 14.4. The maximum Gasteiger partial charge on any atom is 0.251 e. The highest BCUT2D eigenvalue weighted by Gasteiger charge is 2.39. The summed E-state index contributed by atoms with van der Waals surface area (Å²) in [5, 5.41) is 8.58. The van der Waals surface area contributed by atoms with Gasteiger partial charge in [0.2, 0.25) is 11.8 Å². The minimum Gasteiger partial charge on any atom is -0.494 e. The molecule has 8 nitrogen and oxygen atoms in total. The molecule has 0 saturated heterocycles. The van der Waals surface area contributed by atoms with Crippen molar-refractivity contribution in [2.45, 2.75) is 44.9 Å². The van der Waals surface area contributed by atoms with Gasteiger partial charge in [0.15, 0.2) is 0 Å². The highest BCUT2D eigenvalue weighted by molar-refractivity contribution is 5.99. The summed E-state index contributed by atoms with van der Waals surface area (Å²) in [6.45, 7) is 4.55. The monoisotopic (exact) mass is 596 g/mol. The van der Waals surface area contributed by atoms with E-state index in [1.165, 1.54) is 24.3 Å². The highest BCUT2D eigenvalue weighted by atomic mass is 19.1. The highest BCUT2D eigenvalue weighted by Crippen LogP contribution is 2.23. The second-order valence-electron chi connectivity index (χ2n) is 10.5. The lowest BCUT2D eigenvalue weighted by molar-refractivity contribution is -0.134. The Morgan fingerprint density at radius 3 is 2.07 bits per heavy atom. The molecule has 4 aromatic rings. The number of carbonyl (C=O) groups excluding carboxylic acids is 3. The molecule has 0 bridgehead atoms. The van der Waals surface area contributed by atoms with Crippen LogP contribution in [0.3, 0.4) is 0 Å². The molecule has 0 aromatic heterocycles. The van der Waals surface area contributed by atoms with Crippen LogP contribution in [-0.2, 0) is 34.6 Å². The largest absolute Gasteiger partial charge is 0.494 e. The molecular weight excluding hydrogens is 559 g/mol. The van der Waals surface area contributed by atoms with Crippen molar-refractivity contribution in [3.05, 3.63) is 137 Å². The quantitative estimate of drug-likeness (QED) is 0.183. The molecule has 4 aromatic carbocycles. The Labute approximate surface area is 256 Å². The first-order valence-corrected chi connectivity index (χ1v) is 14.4. The molecule has 0 aliphatic heterocycles. The van der Waals surface area contributed by atoms with Crippen molar-refractivity contribution in [3.8, 4) is 5.75 Å². The zero-order valence-electron chi connectivity index (χ0n) is 24.8. The van der Waals surface area contributed by atoms with E-state index in [0.717, 1.165) is 16.7 Å². The van der Waals surface area contributed by atoms with E-state index < -0.39 is 35.1 Å². The van der Waals surface area contributed by atoms with Gasteiger partial charge in [-0.1, -0.05) is 66.7 Å². The molecule has 228 valence electrons. The second-order valence-corrected chi connectivity index (χ2v) is 10.5. The van der Waals surface area contributed by atoms with E-state index in [4.69, 9.17) is 10.5 Å². The number of rotatable bonds is 13. The molecule has 0 fully saturated rings. The number of hydrogen-bond acceptors (Lipinski definition) is 5. The van der Waals surface area contributed by atoms with Gasteiger partial charge in [-0.25, -0.2) is 4.39 Å². The van der Waals surface area contributed by atoms with Crippen LogP contribution in [0.15, 0.2) is 103 Å². The third kappa shape index (κ3) is 8.29. The van der Waals surface area contributed by atoms with E-state index >= 15 is 0 Å². The standard InChI is InChI=1S/C35H37FN4O4/c1-3-44-30-19-13-24(14-20-30)21-31(39-32(41)27-7-5-4-6-8-27)33(42)40-35(2,28-15-17-29(36)18-16-28)34(43)38-23-26-11-9-25(22-37)10-12-26/h4-20,31H,3,21-23,37H2,1-2H3,(H,38,43)(H,39,41)(H,40,42)/t31-,35+/m1/s1. The summed E-state index contributed by atoms with van der Waals surface area (Å²) < 4.78 is 19.4. The lowest BCUT2D eigenvalue weighted by atomic mass is 9.89. The van der Waals surface area contributed by atoms with Crippen LogP contribution in [0, 0.1) is 5.82 Å². The van der Waals surface area contributed by atoms with Crippen molar-refractivity contribution in [1.82, 2.24) is 16.0 Å². The molecule has 0 radical (unpaired) electrons. The Balaban J connectivity index is 1.61. The van der Waals surface area contributed by atoms with Crippen LogP contribution in [0.25, 0.3) is 0 Å². The topological polar surface area (TPSA) is 123 Å². The summed E-state index contributed by atoms with van der Waals surface area (Å²) in [6.07, 6.45) is 0.144. The Kier molecular flexibility index (Phi) is 10.8. The van der Waals surface area contributed by atoms with Crippen LogP contribution in [0.5, 0.6) is 5.75 Å². The molecule has 0 saturated carbocycles. The Bertz CT molecular complexity index is 1540. The minimum atomic E-state index is -1.60. The third-order valence-electron chi connectivity index (χ3n) is 7.29. The fourth-order valence-electron chi connectivity index (χ4n) is 4.69. The summed E-state index contributed by atoms with van der Waals surface area (Å²) >= 11 is 0. The van der Waals surface area contributed by atoms with E-state index in [2.05, 4.69) is 16.0 Å². The van der Waals surface area contributed by atoms with Crippen LogP contribution >= 0.6 is 0 Å². The van der Waals surface area contributed by atoms with Crippen LogP contribution in [0.1, 0.15) is 46.5 Å². The average molecular weight is 597 g/mol. The van der Waals surface area contributed by atoms with E-state index in [0.29, 0.717) is 30.0 Å². The third-order valence-corrected chi connectivity index (χ3v) is 7.29. The molecule has 2 atom stereocenters. The lowest BCUT2D eigenvalue weighted by Crippen LogP contribution is -2.59. The summed E-state index contributed by atoms with van der Waals surface area (Å²) in [5.74, 6) is -1.33. The van der Waals surface area contributed by atoms with Gasteiger partial charge < -0.3 is 26.4 Å². The zero-order valence-corrected chi connectivity index (χ0v) is 24.8. The van der Waals surface area contributed by atoms with Crippen molar-refractivity contribution >= 4 is 17.7 Å². The molecule has 5 N–H and O–H groups in total. The first kappa shape index (κ1) is 31.9. The molecule has 4 rings (SSSR count). The van der Waals surface area contributed by atoms with Gasteiger partial charge in [-0.2, -0.15) is 0 Å².